The number of hydrogen-bond donors (Lipinski definition) is 0. The number of benzene rings is 1. The first-order valence-corrected chi connectivity index (χ1v) is 10.5. The topological polar surface area (TPSA) is 58.6 Å². The van der Waals surface area contributed by atoms with Crippen molar-refractivity contribution in [1.82, 2.24) is 14.9 Å². The third-order valence-corrected chi connectivity index (χ3v) is 5.80. The molecule has 1 amide bonds. The molecule has 9 heteroatoms. The van der Waals surface area contributed by atoms with Gasteiger partial charge >= 0.3 is 0 Å². The summed E-state index contributed by atoms with van der Waals surface area (Å²) < 4.78 is 32.6. The van der Waals surface area contributed by atoms with Gasteiger partial charge in [0.1, 0.15) is 11.9 Å². The van der Waals surface area contributed by atoms with Crippen LogP contribution in [0, 0.1) is 11.6 Å². The maximum Gasteiger partial charge on any atom is 0.219 e. The van der Waals surface area contributed by atoms with E-state index in [1.54, 1.807) is 11.8 Å². The van der Waals surface area contributed by atoms with Gasteiger partial charge in [0.2, 0.25) is 5.91 Å². The van der Waals surface area contributed by atoms with Gasteiger partial charge < -0.3 is 14.5 Å². The first-order chi connectivity index (χ1) is 14.4. The summed E-state index contributed by atoms with van der Waals surface area (Å²) in [5.74, 6) is -0.607. The Morgan fingerprint density at radius 3 is 2.63 bits per heavy atom. The highest BCUT2D eigenvalue weighted by molar-refractivity contribution is 6.31. The number of rotatable bonds is 3. The fraction of sp³-hybridized carbons (Fsp3) is 0.476. The monoisotopic (exact) mass is 436 g/mol. The number of hydrogen-bond acceptors (Lipinski definition) is 5. The van der Waals surface area contributed by atoms with Crippen LogP contribution in [0.2, 0.25) is 5.15 Å². The van der Waals surface area contributed by atoms with Crippen LogP contribution >= 0.6 is 11.6 Å². The van der Waals surface area contributed by atoms with Crippen LogP contribution in [0.4, 0.5) is 14.6 Å². The minimum atomic E-state index is -0.698. The zero-order valence-corrected chi connectivity index (χ0v) is 17.5. The number of aryl methyl sites for hydroxylation is 1. The smallest absolute Gasteiger partial charge is 0.219 e. The number of piperidine rings is 1. The lowest BCUT2D eigenvalue weighted by atomic mass is 10.1. The molecule has 4 rings (SSSR count). The quantitative estimate of drug-likeness (QED) is 0.733. The first-order valence-electron chi connectivity index (χ1n) is 10.1. The Hall–Kier alpha value is -2.48. The maximum absolute atomic E-state index is 13.8. The van der Waals surface area contributed by atoms with Gasteiger partial charge in [0.15, 0.2) is 22.5 Å². The van der Waals surface area contributed by atoms with E-state index in [4.69, 9.17) is 21.3 Å². The molecule has 30 heavy (non-hydrogen) atoms. The SMILES string of the molecule is CC(=O)N1CCCc2nc(N3CCC(Oc4ccc(F)cc4F)CC3)c(Cl)nc2C1. The van der Waals surface area contributed by atoms with E-state index in [9.17, 15) is 13.6 Å². The summed E-state index contributed by atoms with van der Waals surface area (Å²) in [7, 11) is 0. The van der Waals surface area contributed by atoms with Crippen LogP contribution in [0.25, 0.3) is 0 Å². The van der Waals surface area contributed by atoms with Gasteiger partial charge in [0.25, 0.3) is 0 Å². The number of fused-ring (bicyclic) bond motifs is 1. The van der Waals surface area contributed by atoms with Crippen molar-refractivity contribution in [2.75, 3.05) is 24.5 Å². The Morgan fingerprint density at radius 1 is 1.17 bits per heavy atom. The van der Waals surface area contributed by atoms with Gasteiger partial charge in [-0.25, -0.2) is 18.7 Å². The third-order valence-electron chi connectivity index (χ3n) is 5.55. The van der Waals surface area contributed by atoms with Crippen molar-refractivity contribution in [1.29, 1.82) is 0 Å². The van der Waals surface area contributed by atoms with Crippen molar-refractivity contribution in [2.24, 2.45) is 0 Å². The van der Waals surface area contributed by atoms with Crippen molar-refractivity contribution in [2.45, 2.75) is 45.3 Å². The largest absolute Gasteiger partial charge is 0.487 e. The molecule has 2 aliphatic heterocycles. The number of ether oxygens (including phenoxy) is 1. The Bertz CT molecular complexity index is 951. The van der Waals surface area contributed by atoms with Crippen LogP contribution in [0.5, 0.6) is 5.75 Å². The van der Waals surface area contributed by atoms with Crippen molar-refractivity contribution in [3.63, 3.8) is 0 Å². The number of carbonyl (C=O) groups is 1. The second-order valence-corrected chi connectivity index (χ2v) is 8.01. The number of nitrogens with zero attached hydrogens (tertiary/aromatic N) is 4. The molecule has 0 radical (unpaired) electrons. The molecule has 160 valence electrons. The predicted molar refractivity (Wildman–Crippen MR) is 109 cm³/mol. The molecule has 3 heterocycles. The molecule has 0 unspecified atom stereocenters. The number of amides is 1. The lowest BCUT2D eigenvalue weighted by Crippen LogP contribution is -2.39. The lowest BCUT2D eigenvalue weighted by molar-refractivity contribution is -0.129. The Morgan fingerprint density at radius 2 is 1.93 bits per heavy atom. The van der Waals surface area contributed by atoms with Crippen LogP contribution in [-0.4, -0.2) is 46.5 Å². The average molecular weight is 437 g/mol. The van der Waals surface area contributed by atoms with Gasteiger partial charge in [0, 0.05) is 45.5 Å². The second-order valence-electron chi connectivity index (χ2n) is 7.65. The zero-order chi connectivity index (χ0) is 21.3. The van der Waals surface area contributed by atoms with E-state index in [1.807, 2.05) is 0 Å². The average Bonchev–Trinajstić information content (AvgIpc) is 2.92. The number of carbonyl (C=O) groups excluding carboxylic acids is 1. The summed E-state index contributed by atoms with van der Waals surface area (Å²) in [5, 5.41) is 0.322. The van der Waals surface area contributed by atoms with E-state index in [-0.39, 0.29) is 17.8 Å². The molecule has 0 atom stereocenters. The summed E-state index contributed by atoms with van der Waals surface area (Å²) in [4.78, 5) is 24.9. The van der Waals surface area contributed by atoms with Gasteiger partial charge in [-0.15, -0.1) is 0 Å². The first kappa shape index (κ1) is 20.8. The molecule has 6 nitrogen and oxygen atoms in total. The van der Waals surface area contributed by atoms with Crippen LogP contribution in [0.15, 0.2) is 18.2 Å². The van der Waals surface area contributed by atoms with Gasteiger partial charge in [-0.1, -0.05) is 11.6 Å². The molecule has 1 fully saturated rings. The van der Waals surface area contributed by atoms with Crippen molar-refractivity contribution in [3.05, 3.63) is 46.4 Å². The van der Waals surface area contributed by atoms with Gasteiger partial charge in [-0.05, 0) is 25.0 Å². The fourth-order valence-electron chi connectivity index (χ4n) is 3.90. The highest BCUT2D eigenvalue weighted by Crippen LogP contribution is 2.30. The number of aromatic nitrogens is 2. The molecule has 0 N–H and O–H groups in total. The zero-order valence-electron chi connectivity index (χ0n) is 16.7. The molecule has 1 aromatic carbocycles. The molecule has 0 spiro atoms. The molecule has 0 saturated carbocycles. The fourth-order valence-corrected chi connectivity index (χ4v) is 4.17. The van der Waals surface area contributed by atoms with Crippen LogP contribution < -0.4 is 9.64 Å². The highest BCUT2D eigenvalue weighted by Gasteiger charge is 2.27. The van der Waals surface area contributed by atoms with Crippen molar-refractivity contribution < 1.29 is 18.3 Å². The highest BCUT2D eigenvalue weighted by atomic mass is 35.5. The van der Waals surface area contributed by atoms with E-state index in [2.05, 4.69) is 9.88 Å². The van der Waals surface area contributed by atoms with E-state index in [0.29, 0.717) is 50.0 Å². The Kier molecular flexibility index (Phi) is 6.04. The summed E-state index contributed by atoms with van der Waals surface area (Å²) in [6, 6.07) is 3.32. The molecule has 1 aromatic heterocycles. The Balaban J connectivity index is 1.43. The van der Waals surface area contributed by atoms with E-state index >= 15 is 0 Å². The van der Waals surface area contributed by atoms with Crippen LogP contribution in [0.1, 0.15) is 37.6 Å². The molecule has 2 aromatic rings. The lowest BCUT2D eigenvalue weighted by Gasteiger charge is -2.33. The number of anilines is 1. The van der Waals surface area contributed by atoms with Crippen molar-refractivity contribution in [3.8, 4) is 5.75 Å². The predicted octanol–water partition coefficient (Wildman–Crippen LogP) is 3.75. The summed E-state index contributed by atoms with van der Waals surface area (Å²) in [5.41, 5.74) is 1.63. The molecule has 2 aliphatic rings. The minimum absolute atomic E-state index is 0.0181. The Labute approximate surface area is 178 Å². The maximum atomic E-state index is 13.8. The number of halogens is 3. The van der Waals surface area contributed by atoms with E-state index in [1.165, 1.54) is 12.1 Å². The van der Waals surface area contributed by atoms with E-state index < -0.39 is 11.6 Å². The summed E-state index contributed by atoms with van der Waals surface area (Å²) in [6.07, 6.45) is 2.73. The molecule has 1 saturated heterocycles. The summed E-state index contributed by atoms with van der Waals surface area (Å²) >= 11 is 6.44. The molecular formula is C21H23ClF2N4O2. The standard InChI is InChI=1S/C21H23ClF2N4O2/c1-13(29)28-8-2-3-17-18(12-28)25-20(22)21(26-17)27-9-6-15(7-10-27)30-19-5-4-14(23)11-16(19)24/h4-5,11,15H,2-3,6-10,12H2,1H3. The van der Waals surface area contributed by atoms with Gasteiger partial charge in [0.05, 0.1) is 17.9 Å². The molecule has 0 bridgehead atoms. The molecule has 0 aliphatic carbocycles. The van der Waals surface area contributed by atoms with Gasteiger partial charge in [-0.2, -0.15) is 0 Å². The van der Waals surface area contributed by atoms with Crippen LogP contribution in [0.3, 0.4) is 0 Å². The van der Waals surface area contributed by atoms with Crippen molar-refractivity contribution >= 4 is 23.3 Å². The normalized spacial score (nSPS) is 17.5. The van der Waals surface area contributed by atoms with Crippen LogP contribution in [-0.2, 0) is 17.8 Å². The minimum Gasteiger partial charge on any atom is -0.487 e. The van der Waals surface area contributed by atoms with E-state index in [0.717, 1.165) is 30.3 Å². The summed E-state index contributed by atoms with van der Waals surface area (Å²) in [6.45, 7) is 3.94. The third kappa shape index (κ3) is 4.48. The van der Waals surface area contributed by atoms with Gasteiger partial charge in [-0.3, -0.25) is 4.79 Å². The second kappa shape index (κ2) is 8.71. The molecular weight excluding hydrogens is 414 g/mol.